The third kappa shape index (κ3) is 3.73. The molecular weight excluding hydrogens is 247 g/mol. The van der Waals surface area contributed by atoms with Crippen molar-refractivity contribution in [1.29, 1.82) is 5.26 Å². The van der Waals surface area contributed by atoms with Crippen molar-refractivity contribution in [2.75, 3.05) is 5.32 Å². The van der Waals surface area contributed by atoms with E-state index in [1.807, 2.05) is 6.07 Å². The molecule has 0 heterocycles. The molecule has 1 aromatic carbocycles. The van der Waals surface area contributed by atoms with Crippen LogP contribution in [0.5, 0.6) is 0 Å². The second kappa shape index (κ2) is 5.74. The van der Waals surface area contributed by atoms with Crippen LogP contribution in [0.25, 0.3) is 0 Å². The molecule has 1 unspecified atom stereocenters. The molecule has 1 aromatic rings. The van der Waals surface area contributed by atoms with E-state index in [-0.39, 0.29) is 18.2 Å². The first-order valence-electron chi connectivity index (χ1n) is 4.67. The van der Waals surface area contributed by atoms with Crippen molar-refractivity contribution < 1.29 is 4.79 Å². The highest BCUT2D eigenvalue weighted by Gasteiger charge is 2.12. The number of hydrogen-bond donors (Lipinski definition) is 1. The van der Waals surface area contributed by atoms with Gasteiger partial charge < -0.3 is 5.32 Å². The maximum atomic E-state index is 11.6. The summed E-state index contributed by atoms with van der Waals surface area (Å²) in [5.41, 5.74) is 0.535. The van der Waals surface area contributed by atoms with Crippen molar-refractivity contribution in [2.24, 2.45) is 5.92 Å². The van der Waals surface area contributed by atoms with Crippen LogP contribution in [-0.2, 0) is 4.79 Å². The number of nitrogens with zero attached hydrogens (tertiary/aromatic N) is 1. The lowest BCUT2D eigenvalue weighted by Gasteiger charge is -2.09. The zero-order valence-electron chi connectivity index (χ0n) is 8.63. The maximum absolute atomic E-state index is 11.6. The van der Waals surface area contributed by atoms with Crippen LogP contribution < -0.4 is 5.32 Å². The lowest BCUT2D eigenvalue weighted by molar-refractivity contribution is -0.119. The topological polar surface area (TPSA) is 52.9 Å². The van der Waals surface area contributed by atoms with Gasteiger partial charge in [-0.1, -0.05) is 30.1 Å². The van der Waals surface area contributed by atoms with Gasteiger partial charge in [0.1, 0.15) is 0 Å². The summed E-state index contributed by atoms with van der Waals surface area (Å²) in [6, 6.07) is 6.73. The van der Waals surface area contributed by atoms with Crippen molar-refractivity contribution in [3.63, 3.8) is 0 Å². The first-order chi connectivity index (χ1) is 7.52. The van der Waals surface area contributed by atoms with Crippen LogP contribution in [0.3, 0.4) is 0 Å². The Morgan fingerprint density at radius 1 is 1.44 bits per heavy atom. The summed E-state index contributed by atoms with van der Waals surface area (Å²) in [7, 11) is 0. The number of nitriles is 1. The maximum Gasteiger partial charge on any atom is 0.228 e. The number of rotatable bonds is 3. The third-order valence-corrected chi connectivity index (χ3v) is 2.41. The van der Waals surface area contributed by atoms with E-state index >= 15 is 0 Å². The quantitative estimate of drug-likeness (QED) is 0.901. The Labute approximate surface area is 104 Å². The summed E-state index contributed by atoms with van der Waals surface area (Å²) in [4.78, 5) is 11.6. The van der Waals surface area contributed by atoms with E-state index in [2.05, 4.69) is 5.32 Å². The van der Waals surface area contributed by atoms with Gasteiger partial charge >= 0.3 is 0 Å². The van der Waals surface area contributed by atoms with Gasteiger partial charge in [0.2, 0.25) is 5.91 Å². The van der Waals surface area contributed by atoms with Gasteiger partial charge in [-0.05, 0) is 18.2 Å². The summed E-state index contributed by atoms with van der Waals surface area (Å²) >= 11 is 11.6. The van der Waals surface area contributed by atoms with Gasteiger partial charge in [0.25, 0.3) is 0 Å². The fourth-order valence-electron chi connectivity index (χ4n) is 1.12. The predicted molar refractivity (Wildman–Crippen MR) is 64.5 cm³/mol. The first kappa shape index (κ1) is 12.8. The molecule has 0 aromatic heterocycles. The highest BCUT2D eigenvalue weighted by atomic mass is 35.5. The fourth-order valence-corrected chi connectivity index (χ4v) is 1.65. The average molecular weight is 257 g/mol. The highest BCUT2D eigenvalue weighted by Crippen LogP contribution is 2.22. The SMILES string of the molecule is CC(CC#N)C(=O)Nc1cc(Cl)cc(Cl)c1. The second-order valence-electron chi connectivity index (χ2n) is 3.41. The second-order valence-corrected chi connectivity index (χ2v) is 4.28. The van der Waals surface area contributed by atoms with Gasteiger partial charge in [-0.15, -0.1) is 0 Å². The van der Waals surface area contributed by atoms with Crippen LogP contribution in [0.15, 0.2) is 18.2 Å². The molecule has 3 nitrogen and oxygen atoms in total. The smallest absolute Gasteiger partial charge is 0.228 e. The van der Waals surface area contributed by atoms with Gasteiger partial charge in [-0.25, -0.2) is 0 Å². The molecule has 0 bridgehead atoms. The van der Waals surface area contributed by atoms with E-state index in [9.17, 15) is 4.79 Å². The lowest BCUT2D eigenvalue weighted by atomic mass is 10.1. The van der Waals surface area contributed by atoms with E-state index in [1.165, 1.54) is 0 Å². The molecule has 0 fully saturated rings. The van der Waals surface area contributed by atoms with Crippen LogP contribution in [0.2, 0.25) is 10.0 Å². The largest absolute Gasteiger partial charge is 0.326 e. The van der Waals surface area contributed by atoms with E-state index in [4.69, 9.17) is 28.5 Å². The molecule has 16 heavy (non-hydrogen) atoms. The van der Waals surface area contributed by atoms with E-state index in [0.29, 0.717) is 15.7 Å². The Balaban J connectivity index is 2.73. The van der Waals surface area contributed by atoms with Gasteiger partial charge in [0, 0.05) is 28.1 Å². The molecule has 84 valence electrons. The first-order valence-corrected chi connectivity index (χ1v) is 5.42. The summed E-state index contributed by atoms with van der Waals surface area (Å²) in [5, 5.41) is 12.0. The Kier molecular flexibility index (Phi) is 4.60. The molecule has 0 radical (unpaired) electrons. The van der Waals surface area contributed by atoms with Crippen molar-refractivity contribution in [1.82, 2.24) is 0 Å². The van der Waals surface area contributed by atoms with Crippen LogP contribution >= 0.6 is 23.2 Å². The van der Waals surface area contributed by atoms with Crippen LogP contribution in [0.4, 0.5) is 5.69 Å². The van der Waals surface area contributed by atoms with Gasteiger partial charge in [-0.2, -0.15) is 5.26 Å². The predicted octanol–water partition coefficient (Wildman–Crippen LogP) is 3.48. The molecular formula is C11H10Cl2N2O. The standard InChI is InChI=1S/C11H10Cl2N2O/c1-7(2-3-14)11(16)15-10-5-8(12)4-9(13)6-10/h4-7H,2H2,1H3,(H,15,16). The van der Waals surface area contributed by atoms with Crippen molar-refractivity contribution in [3.05, 3.63) is 28.2 Å². The summed E-state index contributed by atoms with van der Waals surface area (Å²) in [5.74, 6) is -0.581. The molecule has 0 aliphatic carbocycles. The number of nitrogens with one attached hydrogen (secondary N) is 1. The number of halogens is 2. The number of benzene rings is 1. The normalized spacial score (nSPS) is 11.6. The highest BCUT2D eigenvalue weighted by molar-refractivity contribution is 6.35. The van der Waals surface area contributed by atoms with Crippen LogP contribution in [0.1, 0.15) is 13.3 Å². The van der Waals surface area contributed by atoms with Gasteiger partial charge in [0.05, 0.1) is 6.07 Å². The minimum absolute atomic E-state index is 0.181. The van der Waals surface area contributed by atoms with Crippen LogP contribution in [0, 0.1) is 17.2 Å². The molecule has 0 saturated heterocycles. The Morgan fingerprint density at radius 2 is 2.00 bits per heavy atom. The number of carbonyl (C=O) groups is 1. The number of carbonyl (C=O) groups excluding carboxylic acids is 1. The fraction of sp³-hybridized carbons (Fsp3) is 0.273. The number of hydrogen-bond acceptors (Lipinski definition) is 2. The van der Waals surface area contributed by atoms with E-state index in [1.54, 1.807) is 25.1 Å². The van der Waals surface area contributed by atoms with E-state index < -0.39 is 0 Å². The summed E-state index contributed by atoms with van der Waals surface area (Å²) in [6.45, 7) is 1.69. The summed E-state index contributed by atoms with van der Waals surface area (Å²) in [6.07, 6.45) is 0.181. The molecule has 1 N–H and O–H groups in total. The molecule has 0 aliphatic heterocycles. The van der Waals surface area contributed by atoms with Crippen molar-refractivity contribution >= 4 is 34.8 Å². The molecule has 0 spiro atoms. The van der Waals surface area contributed by atoms with Gasteiger partial charge in [-0.3, -0.25) is 4.79 Å². The van der Waals surface area contributed by atoms with Crippen molar-refractivity contribution in [3.8, 4) is 6.07 Å². The zero-order valence-corrected chi connectivity index (χ0v) is 10.1. The Hall–Kier alpha value is -1.24. The van der Waals surface area contributed by atoms with E-state index in [0.717, 1.165) is 0 Å². The molecule has 1 rings (SSSR count). The van der Waals surface area contributed by atoms with Crippen molar-refractivity contribution in [2.45, 2.75) is 13.3 Å². The lowest BCUT2D eigenvalue weighted by Crippen LogP contribution is -2.19. The van der Waals surface area contributed by atoms with Gasteiger partial charge in [0.15, 0.2) is 0 Å². The Morgan fingerprint density at radius 3 is 2.50 bits per heavy atom. The molecule has 5 heteroatoms. The van der Waals surface area contributed by atoms with Crippen LogP contribution in [-0.4, -0.2) is 5.91 Å². The molecule has 1 atom stereocenters. The number of amides is 1. The zero-order chi connectivity index (χ0) is 12.1. The number of anilines is 1. The Bertz CT molecular complexity index is 420. The minimum Gasteiger partial charge on any atom is -0.326 e. The molecule has 1 amide bonds. The molecule has 0 aliphatic rings. The minimum atomic E-state index is -0.359. The average Bonchev–Trinajstić information content (AvgIpc) is 2.16. The summed E-state index contributed by atoms with van der Waals surface area (Å²) < 4.78 is 0. The molecule has 0 saturated carbocycles. The third-order valence-electron chi connectivity index (χ3n) is 1.98. The monoisotopic (exact) mass is 256 g/mol.